The first kappa shape index (κ1) is 19.0. The van der Waals surface area contributed by atoms with Crippen molar-refractivity contribution >= 4 is 5.91 Å². The second kappa shape index (κ2) is 8.36. The topological polar surface area (TPSA) is 55.6 Å². The molecule has 0 saturated heterocycles. The molecule has 1 heterocycles. The van der Waals surface area contributed by atoms with Gasteiger partial charge in [0, 0.05) is 18.2 Å². The van der Waals surface area contributed by atoms with E-state index in [4.69, 9.17) is 10.5 Å². The van der Waals surface area contributed by atoms with Gasteiger partial charge in [-0.2, -0.15) is 0 Å². The lowest BCUT2D eigenvalue weighted by Crippen LogP contribution is -2.30. The Morgan fingerprint density at radius 1 is 1.00 bits per heavy atom. The maximum Gasteiger partial charge on any atom is 0.248 e. The number of aryl methyl sites for hydroxylation is 2. The lowest BCUT2D eigenvalue weighted by molar-refractivity contribution is 0.1000. The number of nitrogens with two attached hydrogens (primary N) is 1. The van der Waals surface area contributed by atoms with Crippen molar-refractivity contribution in [2.75, 3.05) is 7.05 Å². The van der Waals surface area contributed by atoms with E-state index in [1.807, 2.05) is 12.1 Å². The lowest BCUT2D eigenvalue weighted by Gasteiger charge is -2.27. The zero-order chi connectivity index (χ0) is 19.5. The first-order valence-corrected chi connectivity index (χ1v) is 10.5. The van der Waals surface area contributed by atoms with Crippen LogP contribution in [0.5, 0.6) is 11.5 Å². The highest BCUT2D eigenvalue weighted by Gasteiger charge is 2.19. The summed E-state index contributed by atoms with van der Waals surface area (Å²) < 4.78 is 6.16. The molecule has 4 heteroatoms. The van der Waals surface area contributed by atoms with Gasteiger partial charge in [-0.15, -0.1) is 0 Å². The van der Waals surface area contributed by atoms with Gasteiger partial charge in [0.05, 0.1) is 0 Å². The van der Waals surface area contributed by atoms with E-state index in [1.165, 1.54) is 49.7 Å². The molecule has 4 nitrogen and oxygen atoms in total. The minimum atomic E-state index is -0.395. The summed E-state index contributed by atoms with van der Waals surface area (Å²) in [4.78, 5) is 14.0. The molecular formula is C24H30N2O2. The number of nitrogens with zero attached hydrogens (tertiary/aromatic N) is 1. The number of carbonyl (C=O) groups is 1. The molecule has 2 aromatic rings. The molecule has 148 valence electrons. The molecule has 0 spiro atoms. The highest BCUT2D eigenvalue weighted by atomic mass is 16.5. The molecule has 1 aliphatic heterocycles. The maximum absolute atomic E-state index is 11.5. The van der Waals surface area contributed by atoms with Crippen LogP contribution in [0.25, 0.3) is 0 Å². The molecule has 0 unspecified atom stereocenters. The third-order valence-corrected chi connectivity index (χ3v) is 6.23. The molecule has 1 aliphatic carbocycles. The van der Waals surface area contributed by atoms with E-state index in [0.717, 1.165) is 36.4 Å². The zero-order valence-corrected chi connectivity index (χ0v) is 16.7. The number of benzene rings is 2. The number of amides is 1. The van der Waals surface area contributed by atoms with Gasteiger partial charge in [0.1, 0.15) is 11.5 Å². The summed E-state index contributed by atoms with van der Waals surface area (Å²) in [7, 11) is 2.26. The first-order valence-electron chi connectivity index (χ1n) is 10.5. The van der Waals surface area contributed by atoms with Gasteiger partial charge < -0.3 is 10.5 Å². The summed E-state index contributed by atoms with van der Waals surface area (Å²) in [5.74, 6) is 1.35. The van der Waals surface area contributed by atoms with E-state index in [1.54, 1.807) is 6.07 Å². The number of primary amides is 1. The van der Waals surface area contributed by atoms with E-state index in [2.05, 4.69) is 30.1 Å². The van der Waals surface area contributed by atoms with E-state index < -0.39 is 5.91 Å². The van der Waals surface area contributed by atoms with Crippen LogP contribution in [-0.4, -0.2) is 23.9 Å². The fourth-order valence-corrected chi connectivity index (χ4v) is 4.56. The number of ether oxygens (including phenoxy) is 1. The first-order chi connectivity index (χ1) is 13.6. The second-order valence-corrected chi connectivity index (χ2v) is 8.29. The molecule has 2 aliphatic rings. The normalized spacial score (nSPS) is 17.2. The Hall–Kier alpha value is -2.33. The fraction of sp³-hybridized carbons (Fsp3) is 0.458. The molecule has 4 rings (SSSR count). The molecule has 2 aromatic carbocycles. The van der Waals surface area contributed by atoms with Crippen molar-refractivity contribution in [2.45, 2.75) is 64.0 Å². The Kier molecular flexibility index (Phi) is 5.67. The molecule has 0 bridgehead atoms. The Labute approximate surface area is 167 Å². The van der Waals surface area contributed by atoms with Crippen molar-refractivity contribution in [1.82, 2.24) is 4.90 Å². The van der Waals surface area contributed by atoms with Crippen LogP contribution in [0, 0.1) is 0 Å². The lowest BCUT2D eigenvalue weighted by atomic mass is 10.0. The van der Waals surface area contributed by atoms with Crippen LogP contribution in [0.2, 0.25) is 0 Å². The summed E-state index contributed by atoms with van der Waals surface area (Å²) in [6.07, 6.45) is 9.90. The number of hydrogen-bond donors (Lipinski definition) is 1. The number of fused-ring (bicyclic) bond motifs is 2. The molecule has 0 radical (unpaired) electrons. The van der Waals surface area contributed by atoms with Crippen molar-refractivity contribution in [3.05, 3.63) is 58.7 Å². The largest absolute Gasteiger partial charge is 0.457 e. The van der Waals surface area contributed by atoms with Crippen molar-refractivity contribution in [1.29, 1.82) is 0 Å². The summed E-state index contributed by atoms with van der Waals surface area (Å²) >= 11 is 0. The van der Waals surface area contributed by atoms with Gasteiger partial charge >= 0.3 is 0 Å². The van der Waals surface area contributed by atoms with Gasteiger partial charge in [0.15, 0.2) is 0 Å². The third-order valence-electron chi connectivity index (χ3n) is 6.23. The minimum absolute atomic E-state index is 0.395. The summed E-state index contributed by atoms with van der Waals surface area (Å²) in [6.45, 7) is 0.983. The Bertz CT molecular complexity index is 854. The number of rotatable bonds is 4. The molecular weight excluding hydrogens is 348 g/mol. The van der Waals surface area contributed by atoms with Gasteiger partial charge in [-0.25, -0.2) is 0 Å². The van der Waals surface area contributed by atoms with Crippen LogP contribution in [0.1, 0.15) is 65.6 Å². The average Bonchev–Trinajstić information content (AvgIpc) is 3.06. The summed E-state index contributed by atoms with van der Waals surface area (Å²) in [5, 5.41) is 0. The van der Waals surface area contributed by atoms with Gasteiger partial charge in [-0.1, -0.05) is 37.8 Å². The predicted molar refractivity (Wildman–Crippen MR) is 112 cm³/mol. The number of hydrogen-bond acceptors (Lipinski definition) is 3. The van der Waals surface area contributed by atoms with E-state index >= 15 is 0 Å². The van der Waals surface area contributed by atoms with Crippen LogP contribution in [0.3, 0.4) is 0 Å². The third kappa shape index (κ3) is 4.22. The SMILES string of the molecule is CN(Cc1ccc2c(c1)CCc1cc(C(N)=O)ccc1O2)C1CCCCCC1. The summed E-state index contributed by atoms with van der Waals surface area (Å²) in [5.41, 5.74) is 9.59. The van der Waals surface area contributed by atoms with Crippen molar-refractivity contribution in [3.8, 4) is 11.5 Å². The Balaban J connectivity index is 1.49. The van der Waals surface area contributed by atoms with Gasteiger partial charge in [0.2, 0.25) is 5.91 Å². The summed E-state index contributed by atoms with van der Waals surface area (Å²) in [6, 6.07) is 12.8. The molecule has 28 heavy (non-hydrogen) atoms. The van der Waals surface area contributed by atoms with E-state index in [9.17, 15) is 4.79 Å². The Morgan fingerprint density at radius 3 is 2.32 bits per heavy atom. The van der Waals surface area contributed by atoms with E-state index in [-0.39, 0.29) is 0 Å². The highest BCUT2D eigenvalue weighted by molar-refractivity contribution is 5.93. The van der Waals surface area contributed by atoms with Gasteiger partial charge in [-0.05, 0) is 73.7 Å². The predicted octanol–water partition coefficient (Wildman–Crippen LogP) is 4.83. The smallest absolute Gasteiger partial charge is 0.248 e. The zero-order valence-electron chi connectivity index (χ0n) is 16.7. The average molecular weight is 379 g/mol. The van der Waals surface area contributed by atoms with Gasteiger partial charge in [-0.3, -0.25) is 9.69 Å². The fourth-order valence-electron chi connectivity index (χ4n) is 4.56. The number of carbonyl (C=O) groups excluding carboxylic acids is 1. The standard InChI is InChI=1S/C24H30N2O2/c1-26(21-6-4-2-3-5-7-21)16-17-8-12-22-18(14-17)9-10-19-15-20(24(25)27)11-13-23(19)28-22/h8,11-15,21H,2-7,9-10,16H2,1H3,(H2,25,27). The molecule has 1 saturated carbocycles. The Morgan fingerprint density at radius 2 is 1.64 bits per heavy atom. The van der Waals surface area contributed by atoms with Crippen molar-refractivity contribution in [2.24, 2.45) is 5.73 Å². The maximum atomic E-state index is 11.5. The van der Waals surface area contributed by atoms with Crippen LogP contribution >= 0.6 is 0 Å². The van der Waals surface area contributed by atoms with Crippen LogP contribution in [0.4, 0.5) is 0 Å². The van der Waals surface area contributed by atoms with Crippen molar-refractivity contribution < 1.29 is 9.53 Å². The van der Waals surface area contributed by atoms with Gasteiger partial charge in [0.25, 0.3) is 0 Å². The molecule has 0 aromatic heterocycles. The quantitative estimate of drug-likeness (QED) is 0.775. The molecule has 1 amide bonds. The highest BCUT2D eigenvalue weighted by Crippen LogP contribution is 2.35. The molecule has 0 atom stereocenters. The van der Waals surface area contributed by atoms with Crippen LogP contribution in [-0.2, 0) is 19.4 Å². The van der Waals surface area contributed by atoms with Crippen LogP contribution < -0.4 is 10.5 Å². The van der Waals surface area contributed by atoms with Crippen molar-refractivity contribution in [3.63, 3.8) is 0 Å². The monoisotopic (exact) mass is 378 g/mol. The second-order valence-electron chi connectivity index (χ2n) is 8.29. The van der Waals surface area contributed by atoms with Crippen LogP contribution in [0.15, 0.2) is 36.4 Å². The minimum Gasteiger partial charge on any atom is -0.457 e. The molecule has 1 fully saturated rings. The molecule has 2 N–H and O–H groups in total. The van der Waals surface area contributed by atoms with E-state index in [0.29, 0.717) is 11.6 Å².